The van der Waals surface area contributed by atoms with Crippen molar-refractivity contribution in [1.29, 1.82) is 0 Å². The fourth-order valence-corrected chi connectivity index (χ4v) is 4.38. The summed E-state index contributed by atoms with van der Waals surface area (Å²) in [6.45, 7) is 1.80. The lowest BCUT2D eigenvalue weighted by atomic mass is 10.1. The molecule has 0 bridgehead atoms. The highest BCUT2D eigenvalue weighted by Gasteiger charge is 2.20. The fourth-order valence-electron chi connectivity index (χ4n) is 3.11. The summed E-state index contributed by atoms with van der Waals surface area (Å²) in [5.74, 6) is 0.749. The van der Waals surface area contributed by atoms with Gasteiger partial charge in [0.05, 0.1) is 35.7 Å². The van der Waals surface area contributed by atoms with E-state index in [1.54, 1.807) is 57.5 Å². The molecule has 168 valence electrons. The first kappa shape index (κ1) is 23.4. The molecule has 3 rings (SSSR count). The molecule has 0 heterocycles. The van der Waals surface area contributed by atoms with Gasteiger partial charge in [-0.15, -0.1) is 0 Å². The quantitative estimate of drug-likeness (QED) is 0.495. The average Bonchev–Trinajstić information content (AvgIpc) is 2.80. The van der Waals surface area contributed by atoms with Gasteiger partial charge in [-0.1, -0.05) is 29.8 Å². The Labute approximate surface area is 192 Å². The first-order valence-corrected chi connectivity index (χ1v) is 11.5. The lowest BCUT2D eigenvalue weighted by molar-refractivity contribution is 0.0939. The lowest BCUT2D eigenvalue weighted by Gasteiger charge is -2.19. The van der Waals surface area contributed by atoms with Crippen molar-refractivity contribution in [2.24, 2.45) is 0 Å². The summed E-state index contributed by atoms with van der Waals surface area (Å²) in [7, 11) is -0.714. The zero-order chi connectivity index (χ0) is 23.3. The molecule has 3 aromatic rings. The molecule has 2 N–H and O–H groups in total. The van der Waals surface area contributed by atoms with Crippen molar-refractivity contribution in [3.05, 3.63) is 82.9 Å². The number of benzene rings is 3. The Balaban J connectivity index is 1.83. The van der Waals surface area contributed by atoms with Crippen molar-refractivity contribution in [2.75, 3.05) is 18.9 Å². The highest BCUT2D eigenvalue weighted by molar-refractivity contribution is 7.92. The van der Waals surface area contributed by atoms with E-state index < -0.39 is 22.0 Å². The van der Waals surface area contributed by atoms with E-state index in [1.807, 2.05) is 0 Å². The first-order chi connectivity index (χ1) is 15.2. The summed E-state index contributed by atoms with van der Waals surface area (Å²) in [4.78, 5) is 13.1. The van der Waals surface area contributed by atoms with Crippen LogP contribution in [0.5, 0.6) is 11.5 Å². The van der Waals surface area contributed by atoms with Gasteiger partial charge in [-0.3, -0.25) is 9.52 Å². The summed E-state index contributed by atoms with van der Waals surface area (Å²) >= 11 is 6.23. The number of nitrogens with one attached hydrogen (secondary N) is 2. The number of amides is 1. The number of carbonyl (C=O) groups excluding carboxylic acids is 1. The minimum Gasteiger partial charge on any atom is -0.497 e. The second-order valence-corrected chi connectivity index (χ2v) is 9.01. The molecule has 7 nitrogen and oxygen atoms in total. The Morgan fingerprint density at radius 3 is 2.34 bits per heavy atom. The molecule has 0 aliphatic rings. The zero-order valence-corrected chi connectivity index (χ0v) is 19.3. The van der Waals surface area contributed by atoms with Crippen LogP contribution in [-0.4, -0.2) is 28.5 Å². The fraction of sp³-hybridized carbons (Fsp3) is 0.174. The van der Waals surface area contributed by atoms with E-state index in [-0.39, 0.29) is 21.2 Å². The molecule has 1 atom stereocenters. The Morgan fingerprint density at radius 2 is 1.69 bits per heavy atom. The van der Waals surface area contributed by atoms with Gasteiger partial charge in [0.1, 0.15) is 11.5 Å². The molecule has 0 aliphatic carbocycles. The molecule has 0 saturated carbocycles. The summed E-state index contributed by atoms with van der Waals surface area (Å²) in [6.07, 6.45) is 0. The van der Waals surface area contributed by atoms with Crippen LogP contribution in [0.2, 0.25) is 5.02 Å². The Hall–Kier alpha value is -3.23. The minimum absolute atomic E-state index is 0.111. The molecule has 1 amide bonds. The third-order valence-electron chi connectivity index (χ3n) is 4.77. The maximum absolute atomic E-state index is 12.9. The van der Waals surface area contributed by atoms with Crippen molar-refractivity contribution < 1.29 is 22.7 Å². The third-order valence-corrected chi connectivity index (χ3v) is 6.49. The molecular weight excluding hydrogens is 452 g/mol. The maximum atomic E-state index is 12.9. The number of halogens is 1. The Kier molecular flexibility index (Phi) is 7.27. The van der Waals surface area contributed by atoms with Gasteiger partial charge in [-0.2, -0.15) is 0 Å². The van der Waals surface area contributed by atoms with Crippen LogP contribution < -0.4 is 19.5 Å². The molecule has 0 aliphatic heterocycles. The smallest absolute Gasteiger partial charge is 0.261 e. The average molecular weight is 475 g/mol. The van der Waals surface area contributed by atoms with Crippen LogP contribution in [0.25, 0.3) is 0 Å². The van der Waals surface area contributed by atoms with Crippen LogP contribution in [0.15, 0.2) is 71.6 Å². The standard InChI is InChI=1S/C23H23ClN2O5S/c1-15(19-14-17(30-2)10-12-22(19)31-3)25-23(27)20-13-16(9-11-21(20)24)26-32(28,29)18-7-5-4-6-8-18/h4-15,26H,1-3H3,(H,25,27)/t15-/m1/s1. The van der Waals surface area contributed by atoms with Crippen LogP contribution >= 0.6 is 11.6 Å². The van der Waals surface area contributed by atoms with Crippen molar-refractivity contribution in [1.82, 2.24) is 5.32 Å². The summed E-state index contributed by atoms with van der Waals surface area (Å²) in [5.41, 5.74) is 1.07. The zero-order valence-electron chi connectivity index (χ0n) is 17.8. The van der Waals surface area contributed by atoms with Crippen LogP contribution in [0.1, 0.15) is 28.9 Å². The van der Waals surface area contributed by atoms with E-state index in [0.29, 0.717) is 11.5 Å². The van der Waals surface area contributed by atoms with Gasteiger partial charge < -0.3 is 14.8 Å². The third kappa shape index (κ3) is 5.33. The molecule has 0 spiro atoms. The predicted octanol–water partition coefficient (Wildman–Crippen LogP) is 4.65. The predicted molar refractivity (Wildman–Crippen MR) is 124 cm³/mol. The number of hydrogen-bond acceptors (Lipinski definition) is 5. The van der Waals surface area contributed by atoms with Gasteiger partial charge in [0.15, 0.2) is 0 Å². The largest absolute Gasteiger partial charge is 0.497 e. The monoisotopic (exact) mass is 474 g/mol. The minimum atomic E-state index is -3.81. The molecular formula is C23H23ClN2O5S. The number of ether oxygens (including phenoxy) is 2. The van der Waals surface area contributed by atoms with Gasteiger partial charge in [0.25, 0.3) is 15.9 Å². The molecule has 0 fully saturated rings. The van der Waals surface area contributed by atoms with Gasteiger partial charge in [-0.05, 0) is 55.5 Å². The van der Waals surface area contributed by atoms with Gasteiger partial charge in [0.2, 0.25) is 0 Å². The van der Waals surface area contributed by atoms with Crippen LogP contribution in [0, 0.1) is 0 Å². The summed E-state index contributed by atoms with van der Waals surface area (Å²) in [6, 6.07) is 17.2. The molecule has 9 heteroatoms. The van der Waals surface area contributed by atoms with E-state index in [0.717, 1.165) is 5.56 Å². The van der Waals surface area contributed by atoms with E-state index in [1.165, 1.54) is 30.3 Å². The van der Waals surface area contributed by atoms with E-state index in [9.17, 15) is 13.2 Å². The van der Waals surface area contributed by atoms with Crippen LogP contribution in [-0.2, 0) is 10.0 Å². The maximum Gasteiger partial charge on any atom is 0.261 e. The highest BCUT2D eigenvalue weighted by Crippen LogP contribution is 2.30. The van der Waals surface area contributed by atoms with Crippen molar-refractivity contribution in [3.63, 3.8) is 0 Å². The molecule has 0 saturated heterocycles. The van der Waals surface area contributed by atoms with Crippen molar-refractivity contribution in [2.45, 2.75) is 17.9 Å². The summed E-state index contributed by atoms with van der Waals surface area (Å²) in [5, 5.41) is 3.05. The number of hydrogen-bond donors (Lipinski definition) is 2. The van der Waals surface area contributed by atoms with Crippen LogP contribution in [0.4, 0.5) is 5.69 Å². The van der Waals surface area contributed by atoms with Crippen LogP contribution in [0.3, 0.4) is 0 Å². The van der Waals surface area contributed by atoms with Crippen molar-refractivity contribution >= 4 is 33.2 Å². The van der Waals surface area contributed by atoms with E-state index in [2.05, 4.69) is 10.0 Å². The highest BCUT2D eigenvalue weighted by atomic mass is 35.5. The molecule has 3 aromatic carbocycles. The molecule has 0 unspecified atom stereocenters. The second kappa shape index (κ2) is 9.93. The van der Waals surface area contributed by atoms with Crippen molar-refractivity contribution in [3.8, 4) is 11.5 Å². The SMILES string of the molecule is COc1ccc(OC)c([C@@H](C)NC(=O)c2cc(NS(=O)(=O)c3ccccc3)ccc2Cl)c1. The first-order valence-electron chi connectivity index (χ1n) is 9.65. The van der Waals surface area contributed by atoms with E-state index in [4.69, 9.17) is 21.1 Å². The summed E-state index contributed by atoms with van der Waals surface area (Å²) < 4.78 is 38.3. The normalized spacial score (nSPS) is 12.0. The Morgan fingerprint density at radius 1 is 0.969 bits per heavy atom. The number of anilines is 1. The Bertz CT molecular complexity index is 1220. The van der Waals surface area contributed by atoms with Gasteiger partial charge >= 0.3 is 0 Å². The topological polar surface area (TPSA) is 93.7 Å². The van der Waals surface area contributed by atoms with Gasteiger partial charge in [-0.25, -0.2) is 8.42 Å². The molecule has 0 radical (unpaired) electrons. The van der Waals surface area contributed by atoms with Gasteiger partial charge in [0, 0.05) is 11.3 Å². The number of carbonyl (C=O) groups is 1. The number of sulfonamides is 1. The second-order valence-electron chi connectivity index (χ2n) is 6.92. The lowest BCUT2D eigenvalue weighted by Crippen LogP contribution is -2.27. The molecule has 32 heavy (non-hydrogen) atoms. The number of rotatable bonds is 8. The van der Waals surface area contributed by atoms with E-state index >= 15 is 0 Å². The number of methoxy groups -OCH3 is 2. The molecule has 0 aromatic heterocycles.